The highest BCUT2D eigenvalue weighted by molar-refractivity contribution is 7.91. The molecule has 4 aromatic rings. The van der Waals surface area contributed by atoms with E-state index in [1.54, 1.807) is 62.1 Å². The van der Waals surface area contributed by atoms with E-state index in [0.29, 0.717) is 11.4 Å². The van der Waals surface area contributed by atoms with Crippen molar-refractivity contribution in [2.24, 2.45) is 0 Å². The minimum atomic E-state index is -4.28. The third-order valence-corrected chi connectivity index (χ3v) is 7.24. The molecule has 1 aromatic heterocycles. The lowest BCUT2D eigenvalue weighted by molar-refractivity contribution is -0.120. The highest BCUT2D eigenvalue weighted by Crippen LogP contribution is 2.22. The monoisotopic (exact) mass is 539 g/mol. The smallest absolute Gasteiger partial charge is 0.330 e. The van der Waals surface area contributed by atoms with Crippen molar-refractivity contribution < 1.29 is 22.7 Å². The number of nitrogens with zero attached hydrogens (tertiary/aromatic N) is 2. The molecule has 3 N–H and O–H groups in total. The van der Waals surface area contributed by atoms with Gasteiger partial charge in [-0.05, 0) is 48.0 Å². The highest BCUT2D eigenvalue weighted by Gasteiger charge is 2.27. The lowest BCUT2D eigenvalue weighted by Gasteiger charge is -2.25. The molecular formula is C25H25N5O5S2. The number of fused-ring (bicyclic) bond motifs is 1. The summed E-state index contributed by atoms with van der Waals surface area (Å²) in [6, 6.07) is 18.7. The van der Waals surface area contributed by atoms with E-state index in [0.717, 1.165) is 15.8 Å². The number of benzene rings is 3. The number of amides is 3. The number of thiazole rings is 1. The largest absolute Gasteiger partial charge is 0.497 e. The first-order valence-corrected chi connectivity index (χ1v) is 13.5. The number of nitrogens with one attached hydrogen (secondary N) is 3. The summed E-state index contributed by atoms with van der Waals surface area (Å²) in [5, 5.41) is 2.51. The van der Waals surface area contributed by atoms with E-state index in [2.05, 4.69) is 15.0 Å². The fraction of sp³-hybridized carbons (Fsp3) is 0.160. The van der Waals surface area contributed by atoms with E-state index in [9.17, 15) is 18.0 Å². The number of ether oxygens (including phenoxy) is 1. The normalized spacial score (nSPS) is 11.9. The molecule has 0 radical (unpaired) electrons. The summed E-state index contributed by atoms with van der Waals surface area (Å²) in [6.45, 7) is 0. The third-order valence-electron chi connectivity index (χ3n) is 5.49. The van der Waals surface area contributed by atoms with Gasteiger partial charge in [0.2, 0.25) is 5.91 Å². The molecule has 3 aromatic carbocycles. The van der Waals surface area contributed by atoms with Crippen LogP contribution >= 0.6 is 11.3 Å². The van der Waals surface area contributed by atoms with Crippen LogP contribution in [-0.2, 0) is 21.4 Å². The minimum Gasteiger partial charge on any atom is -0.497 e. The molecule has 1 heterocycles. The number of hydrogen-bond acceptors (Lipinski definition) is 7. The van der Waals surface area contributed by atoms with Crippen LogP contribution < -0.4 is 24.4 Å². The number of carbonyl (C=O) groups excluding carboxylic acids is 2. The Hall–Kier alpha value is -4.16. The highest BCUT2D eigenvalue weighted by atomic mass is 32.2. The molecule has 3 amide bonds. The van der Waals surface area contributed by atoms with E-state index >= 15 is 0 Å². The van der Waals surface area contributed by atoms with E-state index in [-0.39, 0.29) is 12.1 Å². The lowest BCUT2D eigenvalue weighted by atomic mass is 10.0. The molecule has 192 valence electrons. The van der Waals surface area contributed by atoms with Gasteiger partial charge in [-0.1, -0.05) is 30.3 Å². The number of likely N-dealkylation sites (N-methyl/N-ethyl adjacent to an activating group) is 1. The van der Waals surface area contributed by atoms with Crippen LogP contribution in [0.15, 0.2) is 78.3 Å². The molecule has 37 heavy (non-hydrogen) atoms. The van der Waals surface area contributed by atoms with Crippen LogP contribution in [-0.4, -0.2) is 45.5 Å². The first-order chi connectivity index (χ1) is 17.7. The Morgan fingerprint density at radius 3 is 2.49 bits per heavy atom. The summed E-state index contributed by atoms with van der Waals surface area (Å²) < 4.78 is 35.4. The molecular weight excluding hydrogens is 514 g/mol. The van der Waals surface area contributed by atoms with Gasteiger partial charge in [0.1, 0.15) is 11.8 Å². The van der Waals surface area contributed by atoms with E-state index in [1.807, 2.05) is 35.1 Å². The SMILES string of the molecule is COc1ccc(N(C)C(=O)[C@H](Cc2ccccc2)NC(=O)NS(=O)(=O)Nc2ccc3ncsc3c2)cc1. The van der Waals surface area contributed by atoms with E-state index in [4.69, 9.17) is 4.74 Å². The van der Waals surface area contributed by atoms with Gasteiger partial charge in [0.05, 0.1) is 28.5 Å². The van der Waals surface area contributed by atoms with Gasteiger partial charge in [-0.2, -0.15) is 8.42 Å². The topological polar surface area (TPSA) is 130 Å². The zero-order valence-electron chi connectivity index (χ0n) is 20.0. The van der Waals surface area contributed by atoms with Gasteiger partial charge in [0, 0.05) is 19.2 Å². The van der Waals surface area contributed by atoms with Crippen LogP contribution in [0.4, 0.5) is 16.2 Å². The zero-order valence-corrected chi connectivity index (χ0v) is 21.7. The predicted molar refractivity (Wildman–Crippen MR) is 144 cm³/mol. The fourth-order valence-electron chi connectivity index (χ4n) is 3.63. The van der Waals surface area contributed by atoms with Crippen molar-refractivity contribution in [3.63, 3.8) is 0 Å². The zero-order chi connectivity index (χ0) is 26.4. The van der Waals surface area contributed by atoms with Crippen molar-refractivity contribution in [3.8, 4) is 5.75 Å². The summed E-state index contributed by atoms with van der Waals surface area (Å²) in [5.41, 5.74) is 4.04. The standard InChI is InChI=1S/C25H25N5O5S2/c1-30(19-9-11-20(35-2)12-10-19)24(31)22(14-17-6-4-3-5-7-17)27-25(32)29-37(33,34)28-18-8-13-21-23(15-18)36-16-26-21/h3-13,15-16,22,28H,14H2,1-2H3,(H2,27,29,32)/t22-/m0/s1. The van der Waals surface area contributed by atoms with Crippen LogP contribution in [0.2, 0.25) is 0 Å². The van der Waals surface area contributed by atoms with Gasteiger partial charge < -0.3 is 15.0 Å². The number of rotatable bonds is 9. The molecule has 0 aliphatic heterocycles. The van der Waals surface area contributed by atoms with Crippen molar-refractivity contribution in [2.75, 3.05) is 23.8 Å². The van der Waals surface area contributed by atoms with Crippen molar-refractivity contribution in [2.45, 2.75) is 12.5 Å². The second-order valence-corrected chi connectivity index (χ2v) is 10.4. The quantitative estimate of drug-likeness (QED) is 0.298. The summed E-state index contributed by atoms with van der Waals surface area (Å²) in [6.07, 6.45) is 0.156. The molecule has 0 aliphatic rings. The fourth-order valence-corrected chi connectivity index (χ4v) is 5.13. The summed E-state index contributed by atoms with van der Waals surface area (Å²) in [7, 11) is -1.15. The molecule has 0 unspecified atom stereocenters. The summed E-state index contributed by atoms with van der Waals surface area (Å²) in [5.74, 6) is 0.209. The minimum absolute atomic E-state index is 0.156. The first-order valence-electron chi connectivity index (χ1n) is 11.1. The second kappa shape index (κ2) is 11.3. The van der Waals surface area contributed by atoms with Gasteiger partial charge in [-0.15, -0.1) is 11.3 Å². The average Bonchev–Trinajstić information content (AvgIpc) is 3.35. The van der Waals surface area contributed by atoms with Crippen molar-refractivity contribution in [1.82, 2.24) is 15.0 Å². The Labute approximate surface area is 218 Å². The molecule has 0 saturated carbocycles. The van der Waals surface area contributed by atoms with Crippen LogP contribution in [0, 0.1) is 0 Å². The predicted octanol–water partition coefficient (Wildman–Crippen LogP) is 3.54. The number of urea groups is 1. The summed E-state index contributed by atoms with van der Waals surface area (Å²) in [4.78, 5) is 31.7. The molecule has 0 aliphatic carbocycles. The van der Waals surface area contributed by atoms with Gasteiger partial charge in [-0.3, -0.25) is 9.52 Å². The molecule has 10 nitrogen and oxygen atoms in total. The number of aromatic nitrogens is 1. The maximum atomic E-state index is 13.4. The van der Waals surface area contributed by atoms with Crippen LogP contribution in [0.5, 0.6) is 5.75 Å². The van der Waals surface area contributed by atoms with Gasteiger partial charge >= 0.3 is 16.2 Å². The Morgan fingerprint density at radius 2 is 1.78 bits per heavy atom. The van der Waals surface area contributed by atoms with Crippen LogP contribution in [0.3, 0.4) is 0 Å². The molecule has 4 rings (SSSR count). The van der Waals surface area contributed by atoms with Crippen molar-refractivity contribution >= 4 is 55.1 Å². The van der Waals surface area contributed by atoms with Crippen LogP contribution in [0.1, 0.15) is 5.56 Å². The Kier molecular flexibility index (Phi) is 7.89. The number of carbonyl (C=O) groups is 2. The maximum Gasteiger partial charge on any atom is 0.330 e. The summed E-state index contributed by atoms with van der Waals surface area (Å²) >= 11 is 1.36. The molecule has 0 saturated heterocycles. The van der Waals surface area contributed by atoms with Gasteiger partial charge in [0.25, 0.3) is 0 Å². The number of methoxy groups -OCH3 is 1. The van der Waals surface area contributed by atoms with Crippen molar-refractivity contribution in [1.29, 1.82) is 0 Å². The van der Waals surface area contributed by atoms with Gasteiger partial charge in [-0.25, -0.2) is 14.5 Å². The Bertz CT molecular complexity index is 1490. The first kappa shape index (κ1) is 25.9. The number of anilines is 2. The van der Waals surface area contributed by atoms with Gasteiger partial charge in [0.15, 0.2) is 0 Å². The molecule has 12 heteroatoms. The second-order valence-electron chi connectivity index (χ2n) is 8.05. The molecule has 0 fully saturated rings. The van der Waals surface area contributed by atoms with E-state index in [1.165, 1.54) is 16.2 Å². The number of hydrogen-bond donors (Lipinski definition) is 3. The van der Waals surface area contributed by atoms with Crippen molar-refractivity contribution in [3.05, 3.63) is 83.9 Å². The Morgan fingerprint density at radius 1 is 1.05 bits per heavy atom. The van der Waals surface area contributed by atoms with E-state index < -0.39 is 28.2 Å². The average molecular weight is 540 g/mol. The molecule has 0 spiro atoms. The Balaban J connectivity index is 1.48. The lowest BCUT2D eigenvalue weighted by Crippen LogP contribution is -2.53. The maximum absolute atomic E-state index is 13.4. The molecule has 1 atom stereocenters. The van der Waals surface area contributed by atoms with Crippen LogP contribution in [0.25, 0.3) is 10.2 Å². The third kappa shape index (κ3) is 6.74. The molecule has 0 bridgehead atoms.